The van der Waals surface area contributed by atoms with Crippen molar-refractivity contribution in [3.63, 3.8) is 0 Å². The smallest absolute Gasteiger partial charge is 0.0271 e. The second-order valence-corrected chi connectivity index (χ2v) is 4.91. The van der Waals surface area contributed by atoms with Gasteiger partial charge >= 0.3 is 0 Å². The topological polar surface area (TPSA) is 0 Å². The Hall–Kier alpha value is -0.170. The van der Waals surface area contributed by atoms with Crippen molar-refractivity contribution in [3.8, 4) is 0 Å². The van der Waals surface area contributed by atoms with Crippen molar-refractivity contribution in [2.45, 2.75) is 57.1 Å². The Labute approximate surface area is 94.3 Å². The SMILES string of the molecule is [2H]C(CCCCCC)CC1C=CC=CS1. The number of unbranched alkanes of at least 4 members (excludes halogenated alkanes) is 3. The lowest BCUT2D eigenvalue weighted by molar-refractivity contribution is 0.595. The van der Waals surface area contributed by atoms with E-state index in [1.807, 2.05) is 11.8 Å². The summed E-state index contributed by atoms with van der Waals surface area (Å²) in [6, 6.07) is 0. The molecule has 0 amide bonds. The maximum Gasteiger partial charge on any atom is 0.0271 e. The summed E-state index contributed by atoms with van der Waals surface area (Å²) in [5, 5.41) is 2.68. The van der Waals surface area contributed by atoms with Crippen molar-refractivity contribution in [2.75, 3.05) is 0 Å². The Balaban J connectivity index is 2.05. The number of thioether (sulfide) groups is 1. The molecule has 0 aromatic heterocycles. The van der Waals surface area contributed by atoms with Gasteiger partial charge in [-0.15, -0.1) is 11.8 Å². The maximum absolute atomic E-state index is 7.97. The van der Waals surface area contributed by atoms with Crippen LogP contribution in [0.3, 0.4) is 0 Å². The van der Waals surface area contributed by atoms with Gasteiger partial charge in [-0.3, -0.25) is 0 Å². The van der Waals surface area contributed by atoms with Crippen LogP contribution < -0.4 is 0 Å². The van der Waals surface area contributed by atoms with Crippen molar-refractivity contribution in [1.82, 2.24) is 0 Å². The molecule has 0 fully saturated rings. The van der Waals surface area contributed by atoms with Gasteiger partial charge in [-0.1, -0.05) is 63.7 Å². The quantitative estimate of drug-likeness (QED) is 0.538. The molecule has 1 heterocycles. The van der Waals surface area contributed by atoms with Crippen LogP contribution in [0.4, 0.5) is 0 Å². The molecule has 0 N–H and O–H groups in total. The van der Waals surface area contributed by atoms with E-state index < -0.39 is 0 Å². The first-order valence-electron chi connectivity index (χ1n) is 6.31. The lowest BCUT2D eigenvalue weighted by atomic mass is 10.1. The Kier molecular flexibility index (Phi) is 6.04. The summed E-state index contributed by atoms with van der Waals surface area (Å²) in [5.74, 6) is 0. The van der Waals surface area contributed by atoms with Crippen LogP contribution in [0.2, 0.25) is 0 Å². The normalized spacial score (nSPS) is 23.5. The number of allylic oxidation sites excluding steroid dienone is 2. The summed E-state index contributed by atoms with van der Waals surface area (Å²) in [6.45, 7) is 2.23. The second kappa shape index (κ2) is 8.16. The molecule has 1 rings (SSSR count). The molecule has 1 heteroatoms. The van der Waals surface area contributed by atoms with E-state index in [1.165, 1.54) is 25.7 Å². The van der Waals surface area contributed by atoms with Crippen LogP contribution in [-0.2, 0) is 0 Å². The average Bonchev–Trinajstić information content (AvgIpc) is 2.26. The van der Waals surface area contributed by atoms with Gasteiger partial charge in [-0.25, -0.2) is 0 Å². The molecule has 0 bridgehead atoms. The lowest BCUT2D eigenvalue weighted by Gasteiger charge is -2.11. The van der Waals surface area contributed by atoms with Crippen molar-refractivity contribution in [3.05, 3.63) is 23.6 Å². The largest absolute Gasteiger partial charge is 0.127 e. The predicted octanol–water partition coefficient (Wildman–Crippen LogP) is 4.92. The number of rotatable bonds is 7. The molecule has 0 spiro atoms. The number of hydrogen-bond acceptors (Lipinski definition) is 1. The van der Waals surface area contributed by atoms with Crippen LogP contribution in [-0.4, -0.2) is 5.25 Å². The molecule has 0 aromatic carbocycles. The molecule has 0 nitrogen and oxygen atoms in total. The van der Waals surface area contributed by atoms with Gasteiger partial charge < -0.3 is 0 Å². The average molecular weight is 211 g/mol. The molecular formula is C13H22S. The van der Waals surface area contributed by atoms with Gasteiger partial charge in [0, 0.05) is 6.62 Å². The minimum absolute atomic E-state index is 0.135. The standard InChI is InChI=1S/C13H22S/c1-2-3-4-5-6-7-10-13-11-8-9-12-14-13/h8-9,11-13H,2-7,10H2,1H3/i7D. The molecule has 0 saturated heterocycles. The minimum Gasteiger partial charge on any atom is -0.127 e. The fraction of sp³-hybridized carbons (Fsp3) is 0.692. The van der Waals surface area contributed by atoms with E-state index in [-0.39, 0.29) is 6.40 Å². The van der Waals surface area contributed by atoms with Gasteiger partial charge in [0.05, 0.1) is 0 Å². The van der Waals surface area contributed by atoms with E-state index in [2.05, 4.69) is 30.6 Å². The highest BCUT2D eigenvalue weighted by molar-refractivity contribution is 8.02. The summed E-state index contributed by atoms with van der Waals surface area (Å²) >= 11 is 1.85. The summed E-state index contributed by atoms with van der Waals surface area (Å²) in [4.78, 5) is 0. The van der Waals surface area contributed by atoms with Gasteiger partial charge in [0.15, 0.2) is 0 Å². The van der Waals surface area contributed by atoms with Crippen molar-refractivity contribution < 1.29 is 1.37 Å². The van der Waals surface area contributed by atoms with E-state index >= 15 is 0 Å². The van der Waals surface area contributed by atoms with Crippen molar-refractivity contribution in [2.24, 2.45) is 0 Å². The van der Waals surface area contributed by atoms with Crippen LogP contribution >= 0.6 is 11.8 Å². The molecule has 2 atom stereocenters. The zero-order chi connectivity index (χ0) is 10.9. The van der Waals surface area contributed by atoms with Gasteiger partial charge in [0.25, 0.3) is 0 Å². The van der Waals surface area contributed by atoms with Gasteiger partial charge in [0.1, 0.15) is 0 Å². The Morgan fingerprint density at radius 3 is 2.79 bits per heavy atom. The zero-order valence-electron chi connectivity index (χ0n) is 10.1. The third-order valence-corrected chi connectivity index (χ3v) is 3.44. The zero-order valence-corrected chi connectivity index (χ0v) is 9.93. The maximum atomic E-state index is 7.97. The molecule has 0 radical (unpaired) electrons. The van der Waals surface area contributed by atoms with Crippen LogP contribution in [0.25, 0.3) is 0 Å². The molecule has 0 aliphatic carbocycles. The Bertz CT molecular complexity index is 211. The highest BCUT2D eigenvalue weighted by Crippen LogP contribution is 2.23. The van der Waals surface area contributed by atoms with E-state index in [9.17, 15) is 0 Å². The number of hydrogen-bond donors (Lipinski definition) is 0. The first-order valence-corrected chi connectivity index (χ1v) is 6.68. The summed E-state index contributed by atoms with van der Waals surface area (Å²) in [7, 11) is 0. The van der Waals surface area contributed by atoms with E-state index in [4.69, 9.17) is 1.37 Å². The molecule has 1 aliphatic heterocycles. The highest BCUT2D eigenvalue weighted by Gasteiger charge is 2.04. The fourth-order valence-electron chi connectivity index (χ4n) is 1.56. The first-order chi connectivity index (χ1) is 7.33. The fourth-order valence-corrected chi connectivity index (χ4v) is 2.37. The van der Waals surface area contributed by atoms with E-state index in [0.717, 1.165) is 12.8 Å². The van der Waals surface area contributed by atoms with E-state index in [0.29, 0.717) is 5.25 Å². The molecule has 2 unspecified atom stereocenters. The molecule has 0 aromatic rings. The Morgan fingerprint density at radius 2 is 2.07 bits per heavy atom. The monoisotopic (exact) mass is 211 g/mol. The molecule has 0 saturated carbocycles. The van der Waals surface area contributed by atoms with Crippen LogP contribution in [0.5, 0.6) is 0 Å². The predicted molar refractivity (Wildman–Crippen MR) is 67.7 cm³/mol. The van der Waals surface area contributed by atoms with Crippen LogP contribution in [0, 0.1) is 0 Å². The summed E-state index contributed by atoms with van der Waals surface area (Å²) < 4.78 is 7.97. The summed E-state index contributed by atoms with van der Waals surface area (Å²) in [6.07, 6.45) is 13.8. The van der Waals surface area contributed by atoms with Gasteiger partial charge in [-0.2, -0.15) is 0 Å². The minimum atomic E-state index is 0.135. The second-order valence-electron chi connectivity index (χ2n) is 3.76. The molecule has 1 aliphatic rings. The molecular weight excluding hydrogens is 188 g/mol. The van der Waals surface area contributed by atoms with Crippen LogP contribution in [0.15, 0.2) is 23.6 Å². The summed E-state index contributed by atoms with van der Waals surface area (Å²) in [5.41, 5.74) is 0. The Morgan fingerprint density at radius 1 is 1.21 bits per heavy atom. The highest BCUT2D eigenvalue weighted by atomic mass is 32.2. The van der Waals surface area contributed by atoms with Crippen molar-refractivity contribution in [1.29, 1.82) is 0 Å². The van der Waals surface area contributed by atoms with Crippen LogP contribution in [0.1, 0.15) is 53.2 Å². The molecule has 80 valence electrons. The molecule has 14 heavy (non-hydrogen) atoms. The first kappa shape index (κ1) is 10.4. The lowest BCUT2D eigenvalue weighted by Crippen LogP contribution is -1.98. The van der Waals surface area contributed by atoms with Gasteiger partial charge in [-0.05, 0) is 11.8 Å². The third kappa shape index (κ3) is 5.54. The van der Waals surface area contributed by atoms with Gasteiger partial charge in [0.2, 0.25) is 0 Å². The third-order valence-electron chi connectivity index (χ3n) is 2.43. The van der Waals surface area contributed by atoms with Crippen molar-refractivity contribution >= 4 is 11.8 Å². The van der Waals surface area contributed by atoms with E-state index in [1.54, 1.807) is 0 Å².